The number of nitrogens with one attached hydrogen (secondary N) is 1. The third-order valence-corrected chi connectivity index (χ3v) is 6.60. The van der Waals surface area contributed by atoms with Gasteiger partial charge < -0.3 is 14.6 Å². The minimum absolute atomic E-state index is 0.0548. The molecule has 1 unspecified atom stereocenters. The Morgan fingerprint density at radius 3 is 2.36 bits per heavy atom. The topological polar surface area (TPSA) is 90.3 Å². The van der Waals surface area contributed by atoms with Crippen LogP contribution >= 0.6 is 0 Å². The van der Waals surface area contributed by atoms with Crippen molar-refractivity contribution in [2.24, 2.45) is 0 Å². The van der Waals surface area contributed by atoms with Crippen LogP contribution in [0.1, 0.15) is 66.1 Å². The van der Waals surface area contributed by atoms with Gasteiger partial charge in [0.15, 0.2) is 0 Å². The average molecular weight is 490 g/mol. The van der Waals surface area contributed by atoms with E-state index in [1.165, 1.54) is 11.7 Å². The quantitative estimate of drug-likeness (QED) is 0.432. The van der Waals surface area contributed by atoms with Crippen LogP contribution in [-0.4, -0.2) is 28.5 Å². The molecule has 0 spiro atoms. The molecule has 1 amide bonds. The van der Waals surface area contributed by atoms with Gasteiger partial charge in [-0.3, -0.25) is 19.4 Å². The zero-order chi connectivity index (χ0) is 26.4. The first kappa shape index (κ1) is 26.9. The lowest BCUT2D eigenvalue weighted by molar-refractivity contribution is -0.141. The molecule has 3 aromatic rings. The van der Waals surface area contributed by atoms with E-state index < -0.39 is 18.1 Å². The molecule has 0 aliphatic carbocycles. The maximum Gasteiger partial charge on any atom is 0.307 e. The van der Waals surface area contributed by atoms with Crippen molar-refractivity contribution in [2.75, 3.05) is 7.11 Å². The zero-order valence-electron chi connectivity index (χ0n) is 21.9. The minimum atomic E-state index is -0.697. The molecule has 0 aliphatic heterocycles. The van der Waals surface area contributed by atoms with Crippen LogP contribution in [0.2, 0.25) is 0 Å². The smallest absolute Gasteiger partial charge is 0.307 e. The largest absolute Gasteiger partial charge is 0.469 e. The number of amides is 1. The van der Waals surface area contributed by atoms with E-state index in [1.54, 1.807) is 24.7 Å². The predicted octanol–water partition coefficient (Wildman–Crippen LogP) is 4.91. The number of aryl methyl sites for hydroxylation is 4. The van der Waals surface area contributed by atoms with Gasteiger partial charge in [-0.25, -0.2) is 0 Å². The molecule has 2 aromatic heterocycles. The summed E-state index contributed by atoms with van der Waals surface area (Å²) in [7, 11) is 1.32. The number of ether oxygens (including phenoxy) is 1. The van der Waals surface area contributed by atoms with E-state index in [0.717, 1.165) is 33.4 Å². The Morgan fingerprint density at radius 1 is 1.03 bits per heavy atom. The summed E-state index contributed by atoms with van der Waals surface area (Å²) in [4.78, 5) is 43.0. The molecule has 0 fully saturated rings. The van der Waals surface area contributed by atoms with E-state index in [1.807, 2.05) is 58.9 Å². The van der Waals surface area contributed by atoms with E-state index in [9.17, 15) is 14.4 Å². The average Bonchev–Trinajstić information content (AvgIpc) is 2.84. The van der Waals surface area contributed by atoms with Crippen molar-refractivity contribution in [3.63, 3.8) is 0 Å². The van der Waals surface area contributed by atoms with Crippen LogP contribution in [-0.2, 0) is 14.3 Å². The molecule has 3 rings (SSSR count). The van der Waals surface area contributed by atoms with E-state index in [4.69, 9.17) is 4.74 Å². The molecule has 0 saturated heterocycles. The molecule has 0 radical (unpaired) electrons. The van der Waals surface area contributed by atoms with Gasteiger partial charge in [0.1, 0.15) is 6.04 Å². The van der Waals surface area contributed by atoms with Gasteiger partial charge in [-0.2, -0.15) is 0 Å². The number of esters is 1. The molecule has 2 heterocycles. The summed E-state index contributed by atoms with van der Waals surface area (Å²) in [6.07, 6.45) is 6.31. The van der Waals surface area contributed by atoms with Gasteiger partial charge in [0, 0.05) is 30.2 Å². The molecule has 0 bridgehead atoms. The van der Waals surface area contributed by atoms with Gasteiger partial charge in [-0.15, -0.1) is 0 Å². The standard InChI is InChI=1S/C29H35N3O4/c1-7-9-25(32-17-21(5)20(4)12-26(32)33)29(35)31-24(14-27(34)36-6)22-13-23(16-30-15-22)28-18(2)10-8-11-19(28)3/h8,10-13,15-17,24-25H,7,9,14H2,1-6H3,(H,31,35)/t24-,25?/m1/s1. The van der Waals surface area contributed by atoms with Crippen molar-refractivity contribution in [1.82, 2.24) is 14.9 Å². The van der Waals surface area contributed by atoms with E-state index >= 15 is 0 Å². The van der Waals surface area contributed by atoms with Crippen molar-refractivity contribution < 1.29 is 14.3 Å². The predicted molar refractivity (Wildman–Crippen MR) is 141 cm³/mol. The maximum atomic E-state index is 13.6. The molecule has 1 N–H and O–H groups in total. The van der Waals surface area contributed by atoms with E-state index in [-0.39, 0.29) is 17.9 Å². The first-order valence-corrected chi connectivity index (χ1v) is 12.2. The van der Waals surface area contributed by atoms with Crippen LogP contribution in [0.25, 0.3) is 11.1 Å². The number of benzene rings is 1. The van der Waals surface area contributed by atoms with Crippen LogP contribution < -0.4 is 10.9 Å². The fraction of sp³-hybridized carbons (Fsp3) is 0.379. The van der Waals surface area contributed by atoms with E-state index in [2.05, 4.69) is 10.3 Å². The van der Waals surface area contributed by atoms with Gasteiger partial charge in [0.25, 0.3) is 5.56 Å². The fourth-order valence-electron chi connectivity index (χ4n) is 4.49. The van der Waals surface area contributed by atoms with Crippen molar-refractivity contribution in [1.29, 1.82) is 0 Å². The summed E-state index contributed by atoms with van der Waals surface area (Å²) < 4.78 is 6.40. The lowest BCUT2D eigenvalue weighted by Gasteiger charge is -2.24. The molecule has 2 atom stereocenters. The molecule has 36 heavy (non-hydrogen) atoms. The third kappa shape index (κ3) is 6.08. The Kier molecular flexibility index (Phi) is 8.80. The highest BCUT2D eigenvalue weighted by molar-refractivity contribution is 5.82. The molecule has 190 valence electrons. The molecular weight excluding hydrogens is 454 g/mol. The number of methoxy groups -OCH3 is 1. The summed E-state index contributed by atoms with van der Waals surface area (Å²) in [5.41, 5.74) is 6.47. The van der Waals surface area contributed by atoms with Crippen LogP contribution in [0.15, 0.2) is 53.7 Å². The Balaban J connectivity index is 2.00. The maximum absolute atomic E-state index is 13.6. The number of carbonyl (C=O) groups is 2. The second kappa shape index (κ2) is 11.8. The zero-order valence-corrected chi connectivity index (χ0v) is 21.9. The van der Waals surface area contributed by atoms with Crippen LogP contribution in [0.5, 0.6) is 0 Å². The number of carbonyl (C=O) groups excluding carboxylic acids is 2. The first-order chi connectivity index (χ1) is 17.2. The van der Waals surface area contributed by atoms with Gasteiger partial charge in [-0.1, -0.05) is 31.5 Å². The monoisotopic (exact) mass is 489 g/mol. The summed E-state index contributed by atoms with van der Waals surface area (Å²) >= 11 is 0. The second-order valence-electron chi connectivity index (χ2n) is 9.30. The first-order valence-electron chi connectivity index (χ1n) is 12.2. The summed E-state index contributed by atoms with van der Waals surface area (Å²) in [5, 5.41) is 3.01. The van der Waals surface area contributed by atoms with Crippen LogP contribution in [0.4, 0.5) is 0 Å². The lowest BCUT2D eigenvalue weighted by Crippen LogP contribution is -2.39. The number of hydrogen-bond acceptors (Lipinski definition) is 5. The number of pyridine rings is 2. The molecule has 0 saturated carbocycles. The molecular formula is C29H35N3O4. The van der Waals surface area contributed by atoms with Crippen LogP contribution in [0.3, 0.4) is 0 Å². The molecule has 7 nitrogen and oxygen atoms in total. The van der Waals surface area contributed by atoms with Gasteiger partial charge in [-0.05, 0) is 73.6 Å². The number of nitrogens with zero attached hydrogens (tertiary/aromatic N) is 2. The van der Waals surface area contributed by atoms with Gasteiger partial charge >= 0.3 is 5.97 Å². The molecule has 0 aliphatic rings. The Morgan fingerprint density at radius 2 is 1.72 bits per heavy atom. The Hall–Kier alpha value is -3.74. The normalized spacial score (nSPS) is 12.6. The number of rotatable bonds is 9. The summed E-state index contributed by atoms with van der Waals surface area (Å²) in [5.74, 6) is -0.776. The van der Waals surface area contributed by atoms with Crippen molar-refractivity contribution >= 4 is 11.9 Å². The molecule has 7 heteroatoms. The second-order valence-corrected chi connectivity index (χ2v) is 9.30. The summed E-state index contributed by atoms with van der Waals surface area (Å²) in [6, 6.07) is 8.23. The van der Waals surface area contributed by atoms with E-state index in [0.29, 0.717) is 18.4 Å². The Bertz CT molecular complexity index is 1290. The highest BCUT2D eigenvalue weighted by Crippen LogP contribution is 2.29. The van der Waals surface area contributed by atoms with Gasteiger partial charge in [0.2, 0.25) is 5.91 Å². The van der Waals surface area contributed by atoms with Gasteiger partial charge in [0.05, 0.1) is 19.6 Å². The lowest BCUT2D eigenvalue weighted by atomic mass is 9.94. The van der Waals surface area contributed by atoms with Crippen molar-refractivity contribution in [3.05, 3.63) is 87.1 Å². The minimum Gasteiger partial charge on any atom is -0.469 e. The number of hydrogen-bond donors (Lipinski definition) is 1. The third-order valence-electron chi connectivity index (χ3n) is 6.60. The SMILES string of the molecule is CCCC(C(=O)N[C@H](CC(=O)OC)c1cncc(-c2c(C)cccc2C)c1)n1cc(C)c(C)cc1=O. The number of aromatic nitrogens is 2. The molecule has 1 aromatic carbocycles. The van der Waals surface area contributed by atoms with Crippen molar-refractivity contribution in [3.8, 4) is 11.1 Å². The highest BCUT2D eigenvalue weighted by Gasteiger charge is 2.26. The fourth-order valence-corrected chi connectivity index (χ4v) is 4.49. The summed E-state index contributed by atoms with van der Waals surface area (Å²) in [6.45, 7) is 9.84. The van der Waals surface area contributed by atoms with Crippen molar-refractivity contribution in [2.45, 2.75) is 66.0 Å². The Labute approximate surface area is 212 Å². The highest BCUT2D eigenvalue weighted by atomic mass is 16.5. The van der Waals surface area contributed by atoms with Crippen LogP contribution in [0, 0.1) is 27.7 Å².